The van der Waals surface area contributed by atoms with Crippen molar-refractivity contribution in [2.45, 2.75) is 39.5 Å². The molecule has 0 aromatic carbocycles. The van der Waals surface area contributed by atoms with Crippen LogP contribution >= 0.6 is 23.5 Å². The van der Waals surface area contributed by atoms with Crippen LogP contribution in [0.4, 0.5) is 0 Å². The number of hydrogen-bond donors (Lipinski definition) is 0. The van der Waals surface area contributed by atoms with Gasteiger partial charge >= 0.3 is 0 Å². The molecular formula is C11H20O2S2. The Morgan fingerprint density at radius 1 is 0.867 bits per heavy atom. The molecule has 0 radical (unpaired) electrons. The van der Waals surface area contributed by atoms with Gasteiger partial charge in [0.15, 0.2) is 0 Å². The molecule has 0 saturated heterocycles. The second-order valence-electron chi connectivity index (χ2n) is 3.39. The van der Waals surface area contributed by atoms with E-state index in [4.69, 9.17) is 0 Å². The molecule has 0 aliphatic carbocycles. The zero-order valence-electron chi connectivity index (χ0n) is 9.58. The van der Waals surface area contributed by atoms with Crippen molar-refractivity contribution >= 4 is 35.1 Å². The topological polar surface area (TPSA) is 34.1 Å². The van der Waals surface area contributed by atoms with Crippen LogP contribution in [0.5, 0.6) is 0 Å². The van der Waals surface area contributed by atoms with Crippen molar-refractivity contribution in [3.63, 3.8) is 0 Å². The predicted molar refractivity (Wildman–Crippen MR) is 69.6 cm³/mol. The summed E-state index contributed by atoms with van der Waals surface area (Å²) in [5.41, 5.74) is 0. The van der Waals surface area contributed by atoms with Gasteiger partial charge in [-0.25, -0.2) is 0 Å². The van der Waals surface area contributed by atoms with Crippen LogP contribution in [-0.4, -0.2) is 28.2 Å². The van der Waals surface area contributed by atoms with Crippen LogP contribution in [0.3, 0.4) is 0 Å². The lowest BCUT2D eigenvalue weighted by molar-refractivity contribution is -0.117. The van der Waals surface area contributed by atoms with Crippen LogP contribution in [0, 0.1) is 0 Å². The maximum absolute atomic E-state index is 11.1. The summed E-state index contributed by atoms with van der Waals surface area (Å²) in [5.74, 6) is 1.84. The van der Waals surface area contributed by atoms with E-state index in [1.54, 1.807) is 23.5 Å². The van der Waals surface area contributed by atoms with Gasteiger partial charge in [0.05, 0.1) is 11.5 Å². The van der Waals surface area contributed by atoms with E-state index in [2.05, 4.69) is 0 Å². The number of hydrogen-bond acceptors (Lipinski definition) is 4. The zero-order chi connectivity index (χ0) is 11.5. The van der Waals surface area contributed by atoms with Crippen LogP contribution in [0.15, 0.2) is 0 Å². The molecular weight excluding hydrogens is 228 g/mol. The minimum absolute atomic E-state index is 0.322. The monoisotopic (exact) mass is 248 g/mol. The Hall–Kier alpha value is 0.0400. The summed E-state index contributed by atoms with van der Waals surface area (Å²) in [6, 6.07) is 0. The average molecular weight is 248 g/mol. The summed E-state index contributed by atoms with van der Waals surface area (Å²) in [4.78, 5) is 22.3. The molecule has 88 valence electrons. The fourth-order valence-corrected chi connectivity index (χ4v) is 2.95. The summed E-state index contributed by atoms with van der Waals surface area (Å²) in [5, 5.41) is 0.852. The Labute approximate surface area is 101 Å². The predicted octanol–water partition coefficient (Wildman–Crippen LogP) is 3.15. The Morgan fingerprint density at radius 3 is 1.60 bits per heavy atom. The molecule has 0 spiro atoms. The van der Waals surface area contributed by atoms with E-state index < -0.39 is 0 Å². The van der Waals surface area contributed by atoms with Gasteiger partial charge in [-0.2, -0.15) is 0 Å². The van der Waals surface area contributed by atoms with Gasteiger partial charge in [0.25, 0.3) is 0 Å². The van der Waals surface area contributed by atoms with Gasteiger partial charge in [0, 0.05) is 17.9 Å². The quantitative estimate of drug-likeness (QED) is 0.439. The van der Waals surface area contributed by atoms with Crippen molar-refractivity contribution in [3.05, 3.63) is 0 Å². The Kier molecular flexibility index (Phi) is 10.6. The molecule has 4 heteroatoms. The highest BCUT2D eigenvalue weighted by atomic mass is 32.2. The molecule has 0 N–H and O–H groups in total. The highest BCUT2D eigenvalue weighted by molar-refractivity contribution is 8.16. The average Bonchev–Trinajstić information content (AvgIpc) is 2.18. The molecule has 0 aliphatic rings. The van der Waals surface area contributed by atoms with Gasteiger partial charge in [-0.15, -0.1) is 23.5 Å². The van der Waals surface area contributed by atoms with Crippen molar-refractivity contribution in [2.24, 2.45) is 0 Å². The first-order valence-electron chi connectivity index (χ1n) is 5.39. The molecule has 0 atom stereocenters. The lowest BCUT2D eigenvalue weighted by Crippen LogP contribution is -2.02. The highest BCUT2D eigenvalue weighted by Gasteiger charge is 2.02. The summed E-state index contributed by atoms with van der Waals surface area (Å²) < 4.78 is 0. The van der Waals surface area contributed by atoms with Gasteiger partial charge in [-0.3, -0.25) is 9.59 Å². The lowest BCUT2D eigenvalue weighted by Gasteiger charge is -2.00. The van der Waals surface area contributed by atoms with E-state index in [1.165, 1.54) is 0 Å². The largest absolute Gasteiger partial charge is 0.299 e. The normalized spacial score (nSPS) is 10.3. The van der Waals surface area contributed by atoms with Crippen molar-refractivity contribution in [2.75, 3.05) is 16.6 Å². The molecule has 0 bridgehead atoms. The number of carbonyl (C=O) groups excluding carboxylic acids is 2. The highest BCUT2D eigenvalue weighted by Crippen LogP contribution is 2.13. The molecule has 15 heavy (non-hydrogen) atoms. The summed E-state index contributed by atoms with van der Waals surface area (Å²) in [6.45, 7) is 4.03. The van der Waals surface area contributed by atoms with Crippen LogP contribution in [0.1, 0.15) is 39.5 Å². The van der Waals surface area contributed by atoms with Gasteiger partial charge in [-0.05, 0) is 12.8 Å². The zero-order valence-corrected chi connectivity index (χ0v) is 11.2. The first-order valence-corrected chi connectivity index (χ1v) is 7.70. The molecule has 0 aliphatic heterocycles. The van der Waals surface area contributed by atoms with Crippen LogP contribution in [0.2, 0.25) is 0 Å². The number of rotatable bonds is 10. The second-order valence-corrected chi connectivity index (χ2v) is 5.73. The maximum Gasteiger partial charge on any atom is 0.142 e. The fourth-order valence-electron chi connectivity index (χ4n) is 1.07. The summed E-state index contributed by atoms with van der Waals surface area (Å²) >= 11 is 3.25. The molecule has 2 nitrogen and oxygen atoms in total. The Bertz CT molecular complexity index is 173. The third-order valence-corrected chi connectivity index (χ3v) is 4.14. The number of thioether (sulfide) groups is 2. The number of Topliss-reactive ketones (excluding diaryl/α,β-unsaturated/α-hetero) is 2. The number of carbonyl (C=O) groups is 2. The van der Waals surface area contributed by atoms with Crippen LogP contribution in [0.25, 0.3) is 0 Å². The van der Waals surface area contributed by atoms with Crippen molar-refractivity contribution in [1.29, 1.82) is 0 Å². The standard InChI is InChI=1S/C11H20O2S2/c1-3-5-10(12)7-14-9-15-8-11(13)6-4-2/h3-9H2,1-2H3. The molecule has 0 heterocycles. The smallest absolute Gasteiger partial charge is 0.142 e. The van der Waals surface area contributed by atoms with Crippen molar-refractivity contribution in [1.82, 2.24) is 0 Å². The molecule has 0 amide bonds. The minimum atomic E-state index is 0.322. The number of ketones is 2. The van der Waals surface area contributed by atoms with Crippen LogP contribution in [-0.2, 0) is 9.59 Å². The van der Waals surface area contributed by atoms with Gasteiger partial charge in [-0.1, -0.05) is 13.8 Å². The Morgan fingerprint density at radius 2 is 1.27 bits per heavy atom. The fraction of sp³-hybridized carbons (Fsp3) is 0.818. The van der Waals surface area contributed by atoms with E-state index >= 15 is 0 Å². The van der Waals surface area contributed by atoms with Crippen molar-refractivity contribution in [3.8, 4) is 0 Å². The van der Waals surface area contributed by atoms with E-state index in [9.17, 15) is 9.59 Å². The van der Waals surface area contributed by atoms with E-state index in [0.29, 0.717) is 35.9 Å². The molecule has 0 fully saturated rings. The summed E-state index contributed by atoms with van der Waals surface area (Å²) in [6.07, 6.45) is 3.24. The van der Waals surface area contributed by atoms with E-state index in [-0.39, 0.29) is 0 Å². The van der Waals surface area contributed by atoms with Gasteiger partial charge in [0.1, 0.15) is 11.6 Å². The Balaban J connectivity index is 3.24. The summed E-state index contributed by atoms with van der Waals surface area (Å²) in [7, 11) is 0. The SMILES string of the molecule is CCCC(=O)CSCSCC(=O)CCC. The second kappa shape index (κ2) is 10.6. The first-order chi connectivity index (χ1) is 7.20. The third-order valence-electron chi connectivity index (χ3n) is 1.75. The third kappa shape index (κ3) is 10.3. The molecule has 0 aromatic rings. The maximum atomic E-state index is 11.1. The lowest BCUT2D eigenvalue weighted by atomic mass is 10.3. The molecule has 0 rings (SSSR count). The van der Waals surface area contributed by atoms with E-state index in [0.717, 1.165) is 17.9 Å². The molecule has 0 aromatic heterocycles. The van der Waals surface area contributed by atoms with E-state index in [1.807, 2.05) is 13.8 Å². The molecule has 0 unspecified atom stereocenters. The van der Waals surface area contributed by atoms with Gasteiger partial charge in [0.2, 0.25) is 0 Å². The van der Waals surface area contributed by atoms with Crippen molar-refractivity contribution < 1.29 is 9.59 Å². The van der Waals surface area contributed by atoms with Crippen LogP contribution < -0.4 is 0 Å². The minimum Gasteiger partial charge on any atom is -0.299 e. The first kappa shape index (κ1) is 15.0. The van der Waals surface area contributed by atoms with Gasteiger partial charge < -0.3 is 0 Å². The molecule has 0 saturated carbocycles.